The average molecular weight is 298 g/mol. The molecule has 1 atom stereocenters. The van der Waals surface area contributed by atoms with Crippen molar-refractivity contribution in [2.75, 3.05) is 31.2 Å². The molecule has 2 rings (SSSR count). The lowest BCUT2D eigenvalue weighted by Gasteiger charge is -2.19. The van der Waals surface area contributed by atoms with Gasteiger partial charge in [0.25, 0.3) is 5.91 Å². The summed E-state index contributed by atoms with van der Waals surface area (Å²) in [6, 6.07) is 0. The number of amides is 1. The molecule has 6 nitrogen and oxygen atoms in total. The molecular formula is C13H22N4O2S. The molecule has 0 aromatic carbocycles. The van der Waals surface area contributed by atoms with Crippen LogP contribution in [0.25, 0.3) is 0 Å². The molecule has 1 aromatic heterocycles. The fraction of sp³-hybridized carbons (Fsp3) is 0.692. The molecule has 3 N–H and O–H groups in total. The number of thiazole rings is 1. The van der Waals surface area contributed by atoms with Gasteiger partial charge in [0.2, 0.25) is 0 Å². The van der Waals surface area contributed by atoms with Gasteiger partial charge < -0.3 is 20.7 Å². The minimum absolute atomic E-state index is 0.0542. The van der Waals surface area contributed by atoms with E-state index in [-0.39, 0.29) is 17.6 Å². The highest BCUT2D eigenvalue weighted by atomic mass is 32.1. The number of ether oxygens (including phenoxy) is 1. The Hall–Kier alpha value is -1.34. The van der Waals surface area contributed by atoms with Gasteiger partial charge in [0.15, 0.2) is 5.13 Å². The molecule has 1 saturated heterocycles. The lowest BCUT2D eigenvalue weighted by atomic mass is 10.1. The van der Waals surface area contributed by atoms with Crippen LogP contribution in [0.2, 0.25) is 0 Å². The zero-order chi connectivity index (χ0) is 14.9. The Bertz CT molecular complexity index is 495. The summed E-state index contributed by atoms with van der Waals surface area (Å²) in [5.41, 5.74) is 5.76. The summed E-state index contributed by atoms with van der Waals surface area (Å²) in [5, 5.41) is 3.92. The number of aromatic nitrogens is 1. The van der Waals surface area contributed by atoms with Crippen LogP contribution in [0.4, 0.5) is 10.9 Å². The monoisotopic (exact) mass is 298 g/mol. The van der Waals surface area contributed by atoms with Gasteiger partial charge in [-0.3, -0.25) is 4.79 Å². The maximum atomic E-state index is 12.4. The fourth-order valence-electron chi connectivity index (χ4n) is 2.11. The molecule has 1 fully saturated rings. The largest absolute Gasteiger partial charge is 0.382 e. The first-order valence-electron chi connectivity index (χ1n) is 6.66. The minimum Gasteiger partial charge on any atom is -0.382 e. The second kappa shape index (κ2) is 5.57. The van der Waals surface area contributed by atoms with Gasteiger partial charge in [-0.25, -0.2) is 4.98 Å². The van der Waals surface area contributed by atoms with E-state index in [1.54, 1.807) is 12.0 Å². The van der Waals surface area contributed by atoms with Crippen LogP contribution in [-0.4, -0.2) is 47.6 Å². The smallest absolute Gasteiger partial charge is 0.267 e. The van der Waals surface area contributed by atoms with Gasteiger partial charge >= 0.3 is 0 Å². The zero-order valence-electron chi connectivity index (χ0n) is 12.4. The Kier molecular flexibility index (Phi) is 4.19. The van der Waals surface area contributed by atoms with Crippen LogP contribution >= 0.6 is 11.3 Å². The van der Waals surface area contributed by atoms with E-state index < -0.39 is 0 Å². The first-order valence-corrected chi connectivity index (χ1v) is 7.48. The highest BCUT2D eigenvalue weighted by Gasteiger charge is 2.29. The topological polar surface area (TPSA) is 80.5 Å². The first-order chi connectivity index (χ1) is 9.30. The third kappa shape index (κ3) is 3.40. The number of nitrogens with two attached hydrogens (primary N) is 1. The number of rotatable bonds is 3. The molecule has 1 aliphatic heterocycles. The van der Waals surface area contributed by atoms with E-state index in [1.807, 2.05) is 20.8 Å². The third-order valence-corrected chi connectivity index (χ3v) is 4.07. The van der Waals surface area contributed by atoms with Crippen LogP contribution in [0, 0.1) is 0 Å². The van der Waals surface area contributed by atoms with Gasteiger partial charge in [-0.15, -0.1) is 0 Å². The summed E-state index contributed by atoms with van der Waals surface area (Å²) < 4.78 is 5.28. The average Bonchev–Trinajstić information content (AvgIpc) is 2.93. The Morgan fingerprint density at radius 1 is 1.55 bits per heavy atom. The van der Waals surface area contributed by atoms with Crippen molar-refractivity contribution in [2.45, 2.75) is 38.8 Å². The van der Waals surface area contributed by atoms with Crippen molar-refractivity contribution >= 4 is 28.2 Å². The molecule has 1 amide bonds. The van der Waals surface area contributed by atoms with Crippen molar-refractivity contribution in [3.63, 3.8) is 0 Å². The summed E-state index contributed by atoms with van der Waals surface area (Å²) >= 11 is 1.31. The van der Waals surface area contributed by atoms with Gasteiger partial charge in [0, 0.05) is 25.7 Å². The van der Waals surface area contributed by atoms with E-state index in [0.717, 1.165) is 6.42 Å². The van der Waals surface area contributed by atoms with Crippen molar-refractivity contribution < 1.29 is 9.53 Å². The van der Waals surface area contributed by atoms with Crippen molar-refractivity contribution in [1.29, 1.82) is 0 Å². The number of hydrogen-bond acceptors (Lipinski definition) is 6. The molecule has 0 spiro atoms. The zero-order valence-corrected chi connectivity index (χ0v) is 13.2. The summed E-state index contributed by atoms with van der Waals surface area (Å²) in [4.78, 5) is 19.0. The van der Waals surface area contributed by atoms with Crippen LogP contribution in [0.3, 0.4) is 0 Å². The summed E-state index contributed by atoms with van der Waals surface area (Å²) in [5.74, 6) is 0.245. The molecule has 7 heteroatoms. The van der Waals surface area contributed by atoms with Crippen molar-refractivity contribution in [2.24, 2.45) is 0 Å². The van der Waals surface area contributed by atoms with Gasteiger partial charge in [-0.2, -0.15) is 0 Å². The van der Waals surface area contributed by atoms with Gasteiger partial charge in [0.05, 0.1) is 6.10 Å². The van der Waals surface area contributed by atoms with Crippen LogP contribution < -0.4 is 11.1 Å². The summed E-state index contributed by atoms with van der Waals surface area (Å²) in [6.45, 7) is 7.44. The van der Waals surface area contributed by atoms with Crippen LogP contribution in [0.5, 0.6) is 0 Å². The summed E-state index contributed by atoms with van der Waals surface area (Å²) in [7, 11) is 1.67. The van der Waals surface area contributed by atoms with Gasteiger partial charge in [-0.1, -0.05) is 11.3 Å². The highest BCUT2D eigenvalue weighted by Crippen LogP contribution is 2.29. The predicted molar refractivity (Wildman–Crippen MR) is 81.2 cm³/mol. The van der Waals surface area contributed by atoms with E-state index in [9.17, 15) is 4.79 Å². The number of anilines is 2. The van der Waals surface area contributed by atoms with E-state index in [4.69, 9.17) is 10.5 Å². The molecule has 0 saturated carbocycles. The van der Waals surface area contributed by atoms with E-state index in [1.165, 1.54) is 11.3 Å². The Labute approximate surface area is 123 Å². The lowest BCUT2D eigenvalue weighted by molar-refractivity contribution is 0.0729. The van der Waals surface area contributed by atoms with Crippen molar-refractivity contribution in [1.82, 2.24) is 9.88 Å². The maximum Gasteiger partial charge on any atom is 0.267 e. The first kappa shape index (κ1) is 15.1. The quantitative estimate of drug-likeness (QED) is 0.889. The van der Waals surface area contributed by atoms with E-state index in [0.29, 0.717) is 28.9 Å². The third-order valence-electron chi connectivity index (χ3n) is 3.10. The molecule has 1 aliphatic rings. The second-order valence-electron chi connectivity index (χ2n) is 6.01. The van der Waals surface area contributed by atoms with E-state index >= 15 is 0 Å². The molecular weight excluding hydrogens is 276 g/mol. The normalized spacial score (nSPS) is 19.4. The van der Waals surface area contributed by atoms with Gasteiger partial charge in [0.1, 0.15) is 10.7 Å². The number of likely N-dealkylation sites (tertiary alicyclic amines) is 1. The molecule has 0 radical (unpaired) electrons. The maximum absolute atomic E-state index is 12.4. The van der Waals surface area contributed by atoms with Crippen LogP contribution in [0.15, 0.2) is 0 Å². The number of nitrogens with one attached hydrogen (secondary N) is 1. The summed E-state index contributed by atoms with van der Waals surface area (Å²) in [6.07, 6.45) is 0.994. The number of carbonyl (C=O) groups excluding carboxylic acids is 1. The minimum atomic E-state index is -0.112. The molecule has 2 heterocycles. The fourth-order valence-corrected chi connectivity index (χ4v) is 3.17. The van der Waals surface area contributed by atoms with Crippen molar-refractivity contribution in [3.8, 4) is 0 Å². The Balaban J connectivity index is 2.11. The number of nitrogens with zero attached hydrogens (tertiary/aromatic N) is 2. The van der Waals surface area contributed by atoms with Gasteiger partial charge in [-0.05, 0) is 27.2 Å². The number of hydrogen-bond donors (Lipinski definition) is 2. The van der Waals surface area contributed by atoms with E-state index in [2.05, 4.69) is 10.3 Å². The molecule has 1 aromatic rings. The number of carbonyl (C=O) groups is 1. The van der Waals surface area contributed by atoms with Crippen LogP contribution in [0.1, 0.15) is 36.9 Å². The van der Waals surface area contributed by atoms with Crippen LogP contribution in [-0.2, 0) is 4.74 Å². The number of methoxy groups -OCH3 is 1. The molecule has 112 valence electrons. The second-order valence-corrected chi connectivity index (χ2v) is 7.01. The predicted octanol–water partition coefficient (Wildman–Crippen LogP) is 1.80. The molecule has 1 unspecified atom stereocenters. The Morgan fingerprint density at radius 3 is 2.80 bits per heavy atom. The molecule has 0 aliphatic carbocycles. The highest BCUT2D eigenvalue weighted by molar-refractivity contribution is 7.18. The number of nitrogen functional groups attached to an aromatic ring is 1. The lowest BCUT2D eigenvalue weighted by Crippen LogP contribution is -2.29. The Morgan fingerprint density at radius 2 is 2.25 bits per heavy atom. The van der Waals surface area contributed by atoms with Crippen molar-refractivity contribution in [3.05, 3.63) is 4.88 Å². The SMILES string of the molecule is COC1CCN(C(=O)c2sc(NC(C)(C)C)nc2N)C1. The molecule has 20 heavy (non-hydrogen) atoms. The standard InChI is InChI=1S/C13H22N4O2S/c1-13(2,3)16-12-15-10(14)9(20-12)11(18)17-6-5-8(7-17)19-4/h8H,5-7,14H2,1-4H3,(H,15,16). The molecule has 0 bridgehead atoms.